The molecule has 4 aromatic rings. The highest BCUT2D eigenvalue weighted by Gasteiger charge is 2.41. The number of carboxylic acid groups (broad SMARTS) is 1. The molecular formula is C29H30N6O4. The van der Waals surface area contributed by atoms with Gasteiger partial charge in [-0.1, -0.05) is 36.4 Å². The standard InChI is InChI=1S/C29H30N6O4/c36-26(16-19-7-8-19)35(18-29(39-28(37)38)13-3-4-14-29)17-20-9-11-24-21(15-20)10-12-25(30-24)22-5-1-2-6-23(22)27-31-33-34-32-27/h1-2,5-6,9-12,15,19H,3-4,7-8,13-14,16-18H2,(H,37,38)(H,31,32,33,34). The number of pyridine rings is 1. The van der Waals surface area contributed by atoms with Crippen LogP contribution in [0.5, 0.6) is 0 Å². The van der Waals surface area contributed by atoms with E-state index < -0.39 is 11.8 Å². The third kappa shape index (κ3) is 5.59. The van der Waals surface area contributed by atoms with Crippen LogP contribution in [0.4, 0.5) is 4.79 Å². The van der Waals surface area contributed by atoms with Crippen LogP contribution in [0.3, 0.4) is 0 Å². The van der Waals surface area contributed by atoms with Crippen LogP contribution in [0.15, 0.2) is 54.6 Å². The molecule has 2 aliphatic carbocycles. The van der Waals surface area contributed by atoms with Crippen molar-refractivity contribution in [2.75, 3.05) is 6.54 Å². The largest absolute Gasteiger partial charge is 0.506 e. The van der Waals surface area contributed by atoms with Gasteiger partial charge in [0.2, 0.25) is 5.91 Å². The zero-order valence-electron chi connectivity index (χ0n) is 21.5. The maximum atomic E-state index is 13.3. The van der Waals surface area contributed by atoms with Crippen LogP contribution in [-0.4, -0.2) is 59.8 Å². The average Bonchev–Trinajstić information content (AvgIpc) is 3.37. The predicted molar refractivity (Wildman–Crippen MR) is 143 cm³/mol. The number of fused-ring (bicyclic) bond motifs is 1. The number of H-pyrrole nitrogens is 1. The van der Waals surface area contributed by atoms with Gasteiger partial charge in [0.25, 0.3) is 0 Å². The number of benzene rings is 2. The molecular weight excluding hydrogens is 496 g/mol. The lowest BCUT2D eigenvalue weighted by Crippen LogP contribution is -2.46. The van der Waals surface area contributed by atoms with Gasteiger partial charge in [0.15, 0.2) is 5.82 Å². The molecule has 2 heterocycles. The maximum absolute atomic E-state index is 13.3. The third-order valence-electron chi connectivity index (χ3n) is 7.74. The first kappa shape index (κ1) is 25.0. The number of nitrogens with zero attached hydrogens (tertiary/aromatic N) is 5. The number of tetrazole rings is 1. The van der Waals surface area contributed by atoms with Crippen LogP contribution in [0.1, 0.15) is 50.5 Å². The molecule has 10 heteroatoms. The van der Waals surface area contributed by atoms with Crippen molar-refractivity contribution < 1.29 is 19.4 Å². The van der Waals surface area contributed by atoms with Crippen LogP contribution in [0.25, 0.3) is 33.5 Å². The summed E-state index contributed by atoms with van der Waals surface area (Å²) in [7, 11) is 0. The zero-order valence-corrected chi connectivity index (χ0v) is 21.5. The minimum Gasteiger partial charge on any atom is -0.450 e. The highest BCUT2D eigenvalue weighted by molar-refractivity contribution is 5.85. The van der Waals surface area contributed by atoms with Crippen molar-refractivity contribution in [1.82, 2.24) is 30.5 Å². The summed E-state index contributed by atoms with van der Waals surface area (Å²) >= 11 is 0. The molecule has 0 atom stereocenters. The molecule has 0 bridgehead atoms. The third-order valence-corrected chi connectivity index (χ3v) is 7.74. The van der Waals surface area contributed by atoms with Gasteiger partial charge in [-0.15, -0.1) is 5.10 Å². The molecule has 2 aromatic heterocycles. The molecule has 2 saturated carbocycles. The van der Waals surface area contributed by atoms with Gasteiger partial charge in [-0.3, -0.25) is 4.79 Å². The van der Waals surface area contributed by atoms with Gasteiger partial charge in [-0.05, 0) is 78.6 Å². The Morgan fingerprint density at radius 3 is 2.56 bits per heavy atom. The normalized spacial score (nSPS) is 16.3. The lowest BCUT2D eigenvalue weighted by Gasteiger charge is -2.34. The number of rotatable bonds is 9. The quantitative estimate of drug-likeness (QED) is 0.284. The first-order valence-electron chi connectivity index (χ1n) is 13.4. The lowest BCUT2D eigenvalue weighted by molar-refractivity contribution is -0.136. The summed E-state index contributed by atoms with van der Waals surface area (Å²) in [5.41, 5.74) is 3.55. The summed E-state index contributed by atoms with van der Waals surface area (Å²) < 4.78 is 5.40. The van der Waals surface area contributed by atoms with Crippen molar-refractivity contribution in [2.45, 2.75) is 57.1 Å². The summed E-state index contributed by atoms with van der Waals surface area (Å²) in [4.78, 5) is 31.5. The molecule has 0 unspecified atom stereocenters. The molecule has 2 aromatic carbocycles. The molecule has 0 radical (unpaired) electrons. The second kappa shape index (κ2) is 10.4. The minimum atomic E-state index is -1.28. The Balaban J connectivity index is 1.27. The fraction of sp³-hybridized carbons (Fsp3) is 0.379. The number of carbonyl (C=O) groups excluding carboxylic acids is 1. The number of carbonyl (C=O) groups is 2. The van der Waals surface area contributed by atoms with E-state index in [1.54, 1.807) is 4.90 Å². The molecule has 0 saturated heterocycles. The van der Waals surface area contributed by atoms with Gasteiger partial charge in [0.1, 0.15) is 5.60 Å². The summed E-state index contributed by atoms with van der Waals surface area (Å²) in [6.07, 6.45) is 4.47. The monoisotopic (exact) mass is 526 g/mol. The van der Waals surface area contributed by atoms with Crippen molar-refractivity contribution in [3.63, 3.8) is 0 Å². The van der Waals surface area contributed by atoms with Crippen molar-refractivity contribution in [3.05, 3.63) is 60.2 Å². The van der Waals surface area contributed by atoms with Gasteiger partial charge >= 0.3 is 6.16 Å². The number of aromatic nitrogens is 5. The summed E-state index contributed by atoms with van der Waals surface area (Å²) in [5, 5.41) is 24.6. The van der Waals surface area contributed by atoms with E-state index in [9.17, 15) is 14.7 Å². The van der Waals surface area contributed by atoms with E-state index in [0.717, 1.165) is 59.0 Å². The molecule has 10 nitrogen and oxygen atoms in total. The first-order valence-corrected chi connectivity index (χ1v) is 13.4. The van der Waals surface area contributed by atoms with Gasteiger partial charge in [0.05, 0.1) is 17.8 Å². The van der Waals surface area contributed by atoms with Crippen LogP contribution in [0, 0.1) is 5.92 Å². The topological polar surface area (TPSA) is 134 Å². The van der Waals surface area contributed by atoms with Gasteiger partial charge < -0.3 is 14.7 Å². The second-order valence-electron chi connectivity index (χ2n) is 10.7. The SMILES string of the molecule is O=C(O)OC1(CN(Cc2ccc3nc(-c4ccccc4-c4nnn[nH]4)ccc3c2)C(=O)CC2CC2)CCCC1. The Bertz CT molecular complexity index is 1490. The van der Waals surface area contributed by atoms with E-state index in [1.807, 2.05) is 48.5 Å². The molecule has 2 aliphatic rings. The number of hydrogen-bond acceptors (Lipinski definition) is 7. The van der Waals surface area contributed by atoms with Crippen molar-refractivity contribution in [2.24, 2.45) is 5.92 Å². The maximum Gasteiger partial charge on any atom is 0.506 e. The number of hydrogen-bond donors (Lipinski definition) is 2. The minimum absolute atomic E-state index is 0.0600. The van der Waals surface area contributed by atoms with Gasteiger partial charge in [0, 0.05) is 29.5 Å². The van der Waals surface area contributed by atoms with Crippen LogP contribution in [-0.2, 0) is 16.1 Å². The van der Waals surface area contributed by atoms with Crippen LogP contribution >= 0.6 is 0 Å². The van der Waals surface area contributed by atoms with Crippen molar-refractivity contribution in [1.29, 1.82) is 0 Å². The molecule has 2 fully saturated rings. The summed E-state index contributed by atoms with van der Waals surface area (Å²) in [6, 6.07) is 17.8. The van der Waals surface area contributed by atoms with E-state index >= 15 is 0 Å². The number of amides is 1. The van der Waals surface area contributed by atoms with Crippen LogP contribution in [0.2, 0.25) is 0 Å². The Kier molecular flexibility index (Phi) is 6.68. The molecule has 6 rings (SSSR count). The smallest absolute Gasteiger partial charge is 0.450 e. The van der Waals surface area contributed by atoms with Gasteiger partial charge in [-0.25, -0.2) is 14.9 Å². The Morgan fingerprint density at radius 2 is 1.85 bits per heavy atom. The second-order valence-corrected chi connectivity index (χ2v) is 10.7. The van der Waals surface area contributed by atoms with Crippen molar-refractivity contribution >= 4 is 23.0 Å². The van der Waals surface area contributed by atoms with E-state index in [4.69, 9.17) is 9.72 Å². The van der Waals surface area contributed by atoms with Crippen molar-refractivity contribution in [3.8, 4) is 22.6 Å². The number of ether oxygens (including phenoxy) is 1. The van der Waals surface area contributed by atoms with E-state index in [0.29, 0.717) is 37.5 Å². The number of aromatic amines is 1. The molecule has 2 N–H and O–H groups in total. The fourth-order valence-electron chi connectivity index (χ4n) is 5.61. The Morgan fingerprint density at radius 1 is 1.05 bits per heavy atom. The lowest BCUT2D eigenvalue weighted by atomic mass is 10.00. The molecule has 0 spiro atoms. The number of nitrogens with one attached hydrogen (secondary N) is 1. The molecule has 200 valence electrons. The van der Waals surface area contributed by atoms with Crippen LogP contribution < -0.4 is 0 Å². The van der Waals surface area contributed by atoms with E-state index in [-0.39, 0.29) is 12.5 Å². The van der Waals surface area contributed by atoms with E-state index in [1.165, 1.54) is 0 Å². The molecule has 0 aliphatic heterocycles. The Labute approximate surface area is 225 Å². The highest BCUT2D eigenvalue weighted by atomic mass is 16.7. The predicted octanol–water partition coefficient (Wildman–Crippen LogP) is 5.22. The summed E-state index contributed by atoms with van der Waals surface area (Å²) in [5.74, 6) is 1.07. The first-order chi connectivity index (χ1) is 19.0. The zero-order chi connectivity index (χ0) is 26.8. The van der Waals surface area contributed by atoms with Gasteiger partial charge in [-0.2, -0.15) is 0 Å². The molecule has 39 heavy (non-hydrogen) atoms. The Hall–Kier alpha value is -4.34. The molecule has 1 amide bonds. The highest BCUT2D eigenvalue weighted by Crippen LogP contribution is 2.37. The summed E-state index contributed by atoms with van der Waals surface area (Å²) in [6.45, 7) is 0.683. The average molecular weight is 527 g/mol. The van der Waals surface area contributed by atoms with E-state index in [2.05, 4.69) is 26.7 Å². The fourth-order valence-corrected chi connectivity index (χ4v) is 5.61.